The molecule has 2 nitrogen and oxygen atoms in total. The van der Waals surface area contributed by atoms with Gasteiger partial charge in [-0.15, -0.1) is 12.3 Å². The molecule has 1 N–H and O–H groups in total. The van der Waals surface area contributed by atoms with Crippen molar-refractivity contribution in [2.24, 2.45) is 0 Å². The lowest BCUT2D eigenvalue weighted by molar-refractivity contribution is 0.101. The van der Waals surface area contributed by atoms with Crippen molar-refractivity contribution in [3.05, 3.63) is 35.9 Å². The topological polar surface area (TPSA) is 15.3 Å². The maximum atomic E-state index is 5.45. The molecule has 102 valence electrons. The number of hydrogen-bond donors (Lipinski definition) is 1. The highest BCUT2D eigenvalue weighted by atomic mass is 15.2. The third-order valence-electron chi connectivity index (χ3n) is 4.00. The van der Waals surface area contributed by atoms with Gasteiger partial charge in [-0.05, 0) is 25.8 Å². The van der Waals surface area contributed by atoms with Gasteiger partial charge in [-0.3, -0.25) is 4.90 Å². The van der Waals surface area contributed by atoms with E-state index in [1.54, 1.807) is 0 Å². The third-order valence-corrected chi connectivity index (χ3v) is 4.00. The fraction of sp³-hybridized carbons (Fsp3) is 0.529. The van der Waals surface area contributed by atoms with E-state index in [0.717, 1.165) is 25.9 Å². The molecule has 0 bridgehead atoms. The van der Waals surface area contributed by atoms with E-state index in [1.807, 2.05) is 0 Å². The lowest BCUT2D eigenvalue weighted by Crippen LogP contribution is -2.58. The normalized spacial score (nSPS) is 25.7. The summed E-state index contributed by atoms with van der Waals surface area (Å²) in [5.74, 6) is 2.79. The average molecular weight is 256 g/mol. The zero-order chi connectivity index (χ0) is 13.7. The summed E-state index contributed by atoms with van der Waals surface area (Å²) in [7, 11) is 0. The molecule has 0 saturated carbocycles. The van der Waals surface area contributed by atoms with Crippen molar-refractivity contribution in [1.82, 2.24) is 10.2 Å². The molecule has 1 heterocycles. The molecule has 2 rings (SSSR count). The molecule has 1 saturated heterocycles. The minimum atomic E-state index is 0.473. The number of nitrogens with one attached hydrogen (secondary N) is 1. The molecular weight excluding hydrogens is 232 g/mol. The van der Waals surface area contributed by atoms with Gasteiger partial charge in [0.25, 0.3) is 0 Å². The van der Waals surface area contributed by atoms with Crippen molar-refractivity contribution in [3.63, 3.8) is 0 Å². The number of benzene rings is 1. The SMILES string of the molecule is C#CCC(C)N1CC(Cc2ccccc2)NCC1C. The summed E-state index contributed by atoms with van der Waals surface area (Å²) < 4.78 is 0. The molecule has 0 aliphatic carbocycles. The summed E-state index contributed by atoms with van der Waals surface area (Å²) in [6.07, 6.45) is 7.37. The van der Waals surface area contributed by atoms with Crippen LogP contribution in [0, 0.1) is 12.3 Å². The molecule has 19 heavy (non-hydrogen) atoms. The Hall–Kier alpha value is -1.30. The van der Waals surface area contributed by atoms with Crippen molar-refractivity contribution in [2.45, 2.75) is 44.8 Å². The van der Waals surface area contributed by atoms with Crippen molar-refractivity contribution in [1.29, 1.82) is 0 Å². The van der Waals surface area contributed by atoms with E-state index in [0.29, 0.717) is 18.1 Å². The van der Waals surface area contributed by atoms with Crippen LogP contribution in [0.1, 0.15) is 25.8 Å². The molecule has 3 atom stereocenters. The summed E-state index contributed by atoms with van der Waals surface area (Å²) in [6.45, 7) is 6.64. The molecule has 2 heteroatoms. The number of hydrogen-bond acceptors (Lipinski definition) is 2. The van der Waals surface area contributed by atoms with E-state index in [2.05, 4.69) is 60.3 Å². The van der Waals surface area contributed by atoms with Crippen LogP contribution < -0.4 is 5.32 Å². The van der Waals surface area contributed by atoms with Crippen LogP contribution in [-0.4, -0.2) is 36.1 Å². The van der Waals surface area contributed by atoms with Gasteiger partial charge in [0.1, 0.15) is 0 Å². The first-order valence-electron chi connectivity index (χ1n) is 7.17. The van der Waals surface area contributed by atoms with Gasteiger partial charge in [-0.2, -0.15) is 0 Å². The Morgan fingerprint density at radius 2 is 2.16 bits per heavy atom. The lowest BCUT2D eigenvalue weighted by Gasteiger charge is -2.42. The molecule has 0 amide bonds. The number of terminal acetylenes is 1. The molecule has 0 spiro atoms. The first kappa shape index (κ1) is 14.1. The maximum Gasteiger partial charge on any atom is 0.0240 e. The number of rotatable bonds is 4. The van der Waals surface area contributed by atoms with Crippen LogP contribution in [0.4, 0.5) is 0 Å². The summed E-state index contributed by atoms with van der Waals surface area (Å²) in [5.41, 5.74) is 1.40. The molecular formula is C17H24N2. The van der Waals surface area contributed by atoms with Crippen molar-refractivity contribution in [2.75, 3.05) is 13.1 Å². The smallest absolute Gasteiger partial charge is 0.0240 e. The van der Waals surface area contributed by atoms with Crippen LogP contribution in [0.25, 0.3) is 0 Å². The Kier molecular flexibility index (Phi) is 5.01. The van der Waals surface area contributed by atoms with Crippen LogP contribution in [0.5, 0.6) is 0 Å². The summed E-state index contributed by atoms with van der Waals surface area (Å²) >= 11 is 0. The molecule has 1 aliphatic heterocycles. The van der Waals surface area contributed by atoms with E-state index in [9.17, 15) is 0 Å². The van der Waals surface area contributed by atoms with Gasteiger partial charge in [0.05, 0.1) is 0 Å². The zero-order valence-corrected chi connectivity index (χ0v) is 12.0. The predicted octanol–water partition coefficient (Wildman–Crippen LogP) is 2.30. The highest BCUT2D eigenvalue weighted by Crippen LogP contribution is 2.15. The largest absolute Gasteiger partial charge is 0.311 e. The van der Waals surface area contributed by atoms with Crippen LogP contribution in [0.15, 0.2) is 30.3 Å². The van der Waals surface area contributed by atoms with E-state index in [4.69, 9.17) is 6.42 Å². The van der Waals surface area contributed by atoms with Gasteiger partial charge >= 0.3 is 0 Å². The Labute approximate surface area is 117 Å². The predicted molar refractivity (Wildman–Crippen MR) is 81.0 cm³/mol. The van der Waals surface area contributed by atoms with Gasteiger partial charge in [-0.1, -0.05) is 30.3 Å². The first-order valence-corrected chi connectivity index (χ1v) is 7.17. The third kappa shape index (κ3) is 3.83. The Morgan fingerprint density at radius 1 is 1.42 bits per heavy atom. The van der Waals surface area contributed by atoms with Crippen molar-refractivity contribution < 1.29 is 0 Å². The van der Waals surface area contributed by atoms with Crippen molar-refractivity contribution in [3.8, 4) is 12.3 Å². The summed E-state index contributed by atoms with van der Waals surface area (Å²) in [4.78, 5) is 2.55. The van der Waals surface area contributed by atoms with Crippen LogP contribution >= 0.6 is 0 Å². The molecule has 1 aliphatic rings. The standard InChI is InChI=1S/C17H24N2/c1-4-8-14(2)19-13-17(18-12-15(19)3)11-16-9-6-5-7-10-16/h1,5-7,9-10,14-15,17-18H,8,11-13H2,2-3H3. The Bertz CT molecular complexity index is 421. The molecule has 1 aromatic rings. The van der Waals surface area contributed by atoms with Crippen LogP contribution in [0.2, 0.25) is 0 Å². The van der Waals surface area contributed by atoms with Gasteiger partial charge in [0.2, 0.25) is 0 Å². The van der Waals surface area contributed by atoms with E-state index >= 15 is 0 Å². The van der Waals surface area contributed by atoms with Gasteiger partial charge < -0.3 is 5.32 Å². The Balaban J connectivity index is 1.95. The van der Waals surface area contributed by atoms with Gasteiger partial charge in [-0.25, -0.2) is 0 Å². The highest BCUT2D eigenvalue weighted by Gasteiger charge is 2.27. The first-order chi connectivity index (χ1) is 9.20. The second-order valence-electron chi connectivity index (χ2n) is 5.60. The lowest BCUT2D eigenvalue weighted by atomic mass is 10.00. The van der Waals surface area contributed by atoms with Crippen molar-refractivity contribution >= 4 is 0 Å². The second-order valence-corrected chi connectivity index (χ2v) is 5.60. The van der Waals surface area contributed by atoms with Gasteiger partial charge in [0, 0.05) is 37.6 Å². The zero-order valence-electron chi connectivity index (χ0n) is 12.0. The molecule has 3 unspecified atom stereocenters. The van der Waals surface area contributed by atoms with E-state index < -0.39 is 0 Å². The molecule has 0 radical (unpaired) electrons. The molecule has 0 aromatic heterocycles. The Morgan fingerprint density at radius 3 is 2.84 bits per heavy atom. The summed E-state index contributed by atoms with van der Waals surface area (Å²) in [6, 6.07) is 12.3. The maximum absolute atomic E-state index is 5.45. The van der Waals surface area contributed by atoms with E-state index in [-0.39, 0.29) is 0 Å². The highest BCUT2D eigenvalue weighted by molar-refractivity contribution is 5.16. The monoisotopic (exact) mass is 256 g/mol. The van der Waals surface area contributed by atoms with E-state index in [1.165, 1.54) is 5.56 Å². The number of nitrogens with zero attached hydrogens (tertiary/aromatic N) is 1. The average Bonchev–Trinajstić information content (AvgIpc) is 2.42. The van der Waals surface area contributed by atoms with Gasteiger partial charge in [0.15, 0.2) is 0 Å². The summed E-state index contributed by atoms with van der Waals surface area (Å²) in [5, 5.41) is 3.65. The minimum absolute atomic E-state index is 0.473. The van der Waals surface area contributed by atoms with Crippen LogP contribution in [0.3, 0.4) is 0 Å². The number of piperazine rings is 1. The quantitative estimate of drug-likeness (QED) is 0.832. The molecule has 1 aromatic carbocycles. The van der Waals surface area contributed by atoms with Crippen LogP contribution in [-0.2, 0) is 6.42 Å². The fourth-order valence-electron chi connectivity index (χ4n) is 2.89. The fourth-order valence-corrected chi connectivity index (χ4v) is 2.89. The minimum Gasteiger partial charge on any atom is -0.311 e. The second kappa shape index (κ2) is 6.75. The molecule has 1 fully saturated rings.